The van der Waals surface area contributed by atoms with Gasteiger partial charge in [0.2, 0.25) is 5.88 Å². The first-order valence-corrected chi connectivity index (χ1v) is 4.57. The maximum atomic E-state index is 12.0. The molecular formula is C8H4BrF3N2O2. The fourth-order valence-corrected chi connectivity index (χ4v) is 1.23. The van der Waals surface area contributed by atoms with Crippen LogP contribution < -0.4 is 9.47 Å². The third-order valence-corrected chi connectivity index (χ3v) is 2.21. The number of rotatable bonds is 2. The van der Waals surface area contributed by atoms with Crippen molar-refractivity contribution >= 4 is 15.9 Å². The Morgan fingerprint density at radius 2 is 2.12 bits per heavy atom. The first-order chi connectivity index (χ1) is 7.37. The lowest BCUT2D eigenvalue weighted by Gasteiger charge is -2.11. The van der Waals surface area contributed by atoms with E-state index in [2.05, 4.69) is 30.4 Å². The summed E-state index contributed by atoms with van der Waals surface area (Å²) in [6, 6.07) is 2.54. The number of nitriles is 1. The van der Waals surface area contributed by atoms with E-state index in [-0.39, 0.29) is 16.0 Å². The summed E-state index contributed by atoms with van der Waals surface area (Å²) in [4.78, 5) is 3.62. The fourth-order valence-electron chi connectivity index (χ4n) is 0.861. The number of ether oxygens (including phenoxy) is 2. The van der Waals surface area contributed by atoms with Gasteiger partial charge in [-0.2, -0.15) is 5.26 Å². The van der Waals surface area contributed by atoms with E-state index in [0.717, 1.165) is 6.07 Å². The van der Waals surface area contributed by atoms with Crippen LogP contribution in [0.1, 0.15) is 5.69 Å². The summed E-state index contributed by atoms with van der Waals surface area (Å²) in [7, 11) is 1.22. The molecule has 0 aliphatic heterocycles. The number of hydrogen-bond acceptors (Lipinski definition) is 4. The molecule has 1 heterocycles. The zero-order chi connectivity index (χ0) is 12.3. The van der Waals surface area contributed by atoms with Crippen molar-refractivity contribution in [3.63, 3.8) is 0 Å². The fraction of sp³-hybridized carbons (Fsp3) is 0.250. The number of aromatic nitrogens is 1. The van der Waals surface area contributed by atoms with Crippen LogP contribution in [-0.4, -0.2) is 18.5 Å². The summed E-state index contributed by atoms with van der Waals surface area (Å²) < 4.78 is 44.2. The summed E-state index contributed by atoms with van der Waals surface area (Å²) in [6.07, 6.45) is -4.85. The first kappa shape index (κ1) is 12.6. The Morgan fingerprint density at radius 1 is 1.50 bits per heavy atom. The van der Waals surface area contributed by atoms with E-state index in [4.69, 9.17) is 5.26 Å². The number of methoxy groups -OCH3 is 1. The van der Waals surface area contributed by atoms with E-state index in [0.29, 0.717) is 0 Å². The van der Waals surface area contributed by atoms with Crippen molar-refractivity contribution in [1.29, 1.82) is 5.26 Å². The zero-order valence-corrected chi connectivity index (χ0v) is 9.39. The summed E-state index contributed by atoms with van der Waals surface area (Å²) in [5, 5.41) is 8.63. The molecule has 0 fully saturated rings. The second-order valence-electron chi connectivity index (χ2n) is 2.48. The lowest BCUT2D eigenvalue weighted by atomic mass is 10.3. The van der Waals surface area contributed by atoms with Crippen molar-refractivity contribution in [3.05, 3.63) is 16.2 Å². The Hall–Kier alpha value is -1.49. The van der Waals surface area contributed by atoms with Crippen LogP contribution >= 0.6 is 15.9 Å². The highest BCUT2D eigenvalue weighted by atomic mass is 79.9. The smallest absolute Gasteiger partial charge is 0.481 e. The van der Waals surface area contributed by atoms with Gasteiger partial charge in [0.25, 0.3) is 0 Å². The van der Waals surface area contributed by atoms with Gasteiger partial charge < -0.3 is 9.47 Å². The van der Waals surface area contributed by atoms with Crippen LogP contribution in [0.15, 0.2) is 10.5 Å². The van der Waals surface area contributed by atoms with Gasteiger partial charge in [-0.15, -0.1) is 13.2 Å². The molecule has 0 saturated carbocycles. The predicted octanol–water partition coefficient (Wildman–Crippen LogP) is 2.62. The Labute approximate surface area is 96.7 Å². The molecule has 0 bridgehead atoms. The highest BCUT2D eigenvalue weighted by molar-refractivity contribution is 9.10. The zero-order valence-electron chi connectivity index (χ0n) is 7.80. The Morgan fingerprint density at radius 3 is 2.56 bits per heavy atom. The van der Waals surface area contributed by atoms with Gasteiger partial charge in [-0.05, 0) is 15.9 Å². The van der Waals surface area contributed by atoms with Crippen molar-refractivity contribution in [2.75, 3.05) is 7.11 Å². The number of pyridine rings is 1. The molecule has 0 unspecified atom stereocenters. The molecule has 1 rings (SSSR count). The summed E-state index contributed by atoms with van der Waals surface area (Å²) in [5.41, 5.74) is -0.251. The molecule has 16 heavy (non-hydrogen) atoms. The van der Waals surface area contributed by atoms with Crippen molar-refractivity contribution in [1.82, 2.24) is 4.98 Å². The standard InChI is InChI=1S/C8H4BrF3N2O2/c1-15-6-2-5(16-8(10,11)12)7(9)4(3-13)14-6/h2H,1H3. The molecule has 4 nitrogen and oxygen atoms in total. The molecule has 0 aliphatic carbocycles. The van der Waals surface area contributed by atoms with Gasteiger partial charge in [-0.1, -0.05) is 0 Å². The van der Waals surface area contributed by atoms with Crippen molar-refractivity contribution in [2.24, 2.45) is 0 Å². The van der Waals surface area contributed by atoms with Crippen LogP contribution in [0, 0.1) is 11.3 Å². The molecule has 1 aromatic heterocycles. The quantitative estimate of drug-likeness (QED) is 0.842. The number of hydrogen-bond donors (Lipinski definition) is 0. The molecule has 1 aromatic rings. The molecule has 0 radical (unpaired) electrons. The SMILES string of the molecule is COc1cc(OC(F)(F)F)c(Br)c(C#N)n1. The van der Waals surface area contributed by atoms with Crippen molar-refractivity contribution in [3.8, 4) is 17.7 Å². The second-order valence-corrected chi connectivity index (χ2v) is 3.28. The summed E-state index contributed by atoms with van der Waals surface area (Å²) >= 11 is 2.79. The highest BCUT2D eigenvalue weighted by Crippen LogP contribution is 2.34. The molecule has 0 amide bonds. The lowest BCUT2D eigenvalue weighted by molar-refractivity contribution is -0.274. The highest BCUT2D eigenvalue weighted by Gasteiger charge is 2.33. The van der Waals surface area contributed by atoms with Gasteiger partial charge >= 0.3 is 6.36 Å². The molecule has 0 N–H and O–H groups in total. The Kier molecular flexibility index (Phi) is 3.59. The van der Waals surface area contributed by atoms with Gasteiger partial charge in [0, 0.05) is 6.07 Å². The normalized spacial score (nSPS) is 10.8. The van der Waals surface area contributed by atoms with Crippen LogP contribution in [0.2, 0.25) is 0 Å². The Bertz CT molecular complexity index is 442. The maximum absolute atomic E-state index is 12.0. The molecule has 0 aromatic carbocycles. The number of nitrogens with zero attached hydrogens (tertiary/aromatic N) is 2. The molecule has 86 valence electrons. The van der Waals surface area contributed by atoms with Gasteiger partial charge in [-0.3, -0.25) is 0 Å². The second kappa shape index (κ2) is 4.57. The third kappa shape index (κ3) is 3.00. The van der Waals surface area contributed by atoms with Crippen LogP contribution in [0.25, 0.3) is 0 Å². The summed E-state index contributed by atoms with van der Waals surface area (Å²) in [5.74, 6) is -0.713. The minimum atomic E-state index is -4.85. The molecule has 8 heteroatoms. The van der Waals surface area contributed by atoms with Gasteiger partial charge in [0.1, 0.15) is 6.07 Å². The van der Waals surface area contributed by atoms with Gasteiger partial charge in [0.15, 0.2) is 11.4 Å². The van der Waals surface area contributed by atoms with Gasteiger partial charge in [-0.25, -0.2) is 4.98 Å². The average Bonchev–Trinajstić information content (AvgIpc) is 2.19. The van der Waals surface area contributed by atoms with Crippen LogP contribution in [-0.2, 0) is 0 Å². The van der Waals surface area contributed by atoms with E-state index < -0.39 is 12.1 Å². The van der Waals surface area contributed by atoms with E-state index >= 15 is 0 Å². The molecule has 0 aliphatic rings. The van der Waals surface area contributed by atoms with Crippen molar-refractivity contribution < 1.29 is 22.6 Å². The van der Waals surface area contributed by atoms with Gasteiger partial charge in [0.05, 0.1) is 11.6 Å². The van der Waals surface area contributed by atoms with Crippen LogP contribution in [0.4, 0.5) is 13.2 Å². The predicted molar refractivity (Wildman–Crippen MR) is 49.9 cm³/mol. The third-order valence-electron chi connectivity index (χ3n) is 1.44. The molecule has 0 spiro atoms. The maximum Gasteiger partial charge on any atom is 0.573 e. The minimum absolute atomic E-state index is 0.140. The largest absolute Gasteiger partial charge is 0.573 e. The lowest BCUT2D eigenvalue weighted by Crippen LogP contribution is -2.17. The van der Waals surface area contributed by atoms with E-state index in [1.807, 2.05) is 0 Å². The molecule has 0 saturated heterocycles. The number of halogens is 4. The van der Waals surface area contributed by atoms with Crippen molar-refractivity contribution in [2.45, 2.75) is 6.36 Å². The van der Waals surface area contributed by atoms with E-state index in [1.165, 1.54) is 7.11 Å². The van der Waals surface area contributed by atoms with Crippen LogP contribution in [0.5, 0.6) is 11.6 Å². The minimum Gasteiger partial charge on any atom is -0.481 e. The molecule has 0 atom stereocenters. The Balaban J connectivity index is 3.23. The molecular weight excluding hydrogens is 293 g/mol. The first-order valence-electron chi connectivity index (χ1n) is 3.77. The topological polar surface area (TPSA) is 55.1 Å². The number of alkyl halides is 3. The summed E-state index contributed by atoms with van der Waals surface area (Å²) in [6.45, 7) is 0. The van der Waals surface area contributed by atoms with E-state index in [9.17, 15) is 13.2 Å². The monoisotopic (exact) mass is 296 g/mol. The average molecular weight is 297 g/mol. The van der Waals surface area contributed by atoms with Crippen LogP contribution in [0.3, 0.4) is 0 Å². The van der Waals surface area contributed by atoms with E-state index in [1.54, 1.807) is 6.07 Å².